The van der Waals surface area contributed by atoms with E-state index in [1.807, 2.05) is 13.8 Å². The highest BCUT2D eigenvalue weighted by molar-refractivity contribution is 5.99. The third kappa shape index (κ3) is 5.21. The lowest BCUT2D eigenvalue weighted by atomic mass is 10.1. The molecule has 26 heavy (non-hydrogen) atoms. The molecule has 3 N–H and O–H groups in total. The van der Waals surface area contributed by atoms with Crippen molar-refractivity contribution in [3.8, 4) is 5.75 Å². The SMILES string of the molecule is CC(C)Oc1ccc(C(=O)O)cc1NC(=O)C(C)NC(=O)C1CCCC1. The highest BCUT2D eigenvalue weighted by atomic mass is 16.5. The van der Waals surface area contributed by atoms with Crippen LogP contribution in [0, 0.1) is 5.92 Å². The number of carboxylic acid groups (broad SMARTS) is 1. The molecular formula is C19H26N2O5. The van der Waals surface area contributed by atoms with Crippen LogP contribution in [0.1, 0.15) is 56.8 Å². The molecule has 0 spiro atoms. The van der Waals surface area contributed by atoms with Gasteiger partial charge in [-0.2, -0.15) is 0 Å². The maximum Gasteiger partial charge on any atom is 0.335 e. The van der Waals surface area contributed by atoms with Gasteiger partial charge in [0, 0.05) is 5.92 Å². The zero-order valence-electron chi connectivity index (χ0n) is 15.4. The number of ether oxygens (including phenoxy) is 1. The van der Waals surface area contributed by atoms with Crippen molar-refractivity contribution in [2.45, 2.75) is 58.6 Å². The Bertz CT molecular complexity index is 681. The molecule has 2 amide bonds. The number of benzene rings is 1. The maximum absolute atomic E-state index is 12.5. The molecule has 1 aromatic carbocycles. The number of amides is 2. The largest absolute Gasteiger partial charge is 0.489 e. The molecule has 0 aromatic heterocycles. The van der Waals surface area contributed by atoms with Crippen LogP contribution in [0.15, 0.2) is 18.2 Å². The highest BCUT2D eigenvalue weighted by Gasteiger charge is 2.26. The highest BCUT2D eigenvalue weighted by Crippen LogP contribution is 2.28. The Kier molecular flexibility index (Phi) is 6.60. The normalized spacial score (nSPS) is 15.5. The van der Waals surface area contributed by atoms with Crippen molar-refractivity contribution in [3.05, 3.63) is 23.8 Å². The molecule has 1 atom stereocenters. The van der Waals surface area contributed by atoms with Crippen molar-refractivity contribution in [1.29, 1.82) is 0 Å². The summed E-state index contributed by atoms with van der Waals surface area (Å²) in [4.78, 5) is 35.8. The molecule has 1 fully saturated rings. The fourth-order valence-corrected chi connectivity index (χ4v) is 2.94. The average Bonchev–Trinajstić information content (AvgIpc) is 3.10. The first kappa shape index (κ1) is 19.8. The first-order valence-electron chi connectivity index (χ1n) is 8.93. The van der Waals surface area contributed by atoms with E-state index in [0.29, 0.717) is 5.75 Å². The van der Waals surface area contributed by atoms with E-state index in [-0.39, 0.29) is 29.2 Å². The van der Waals surface area contributed by atoms with Gasteiger partial charge >= 0.3 is 5.97 Å². The summed E-state index contributed by atoms with van der Waals surface area (Å²) in [7, 11) is 0. The fraction of sp³-hybridized carbons (Fsp3) is 0.526. The number of hydrogen-bond donors (Lipinski definition) is 3. The Morgan fingerprint density at radius 2 is 1.81 bits per heavy atom. The Labute approximate surface area is 153 Å². The molecule has 1 saturated carbocycles. The zero-order chi connectivity index (χ0) is 19.3. The van der Waals surface area contributed by atoms with Crippen molar-refractivity contribution in [1.82, 2.24) is 5.32 Å². The number of anilines is 1. The van der Waals surface area contributed by atoms with Crippen molar-refractivity contribution < 1.29 is 24.2 Å². The van der Waals surface area contributed by atoms with Gasteiger partial charge in [-0.1, -0.05) is 12.8 Å². The van der Waals surface area contributed by atoms with E-state index in [1.165, 1.54) is 18.2 Å². The number of carbonyl (C=O) groups excluding carboxylic acids is 2. The predicted molar refractivity (Wildman–Crippen MR) is 97.4 cm³/mol. The average molecular weight is 362 g/mol. The summed E-state index contributed by atoms with van der Waals surface area (Å²) in [5.74, 6) is -1.28. The number of carboxylic acids is 1. The minimum Gasteiger partial charge on any atom is -0.489 e. The molecule has 7 nitrogen and oxygen atoms in total. The van der Waals surface area contributed by atoms with E-state index >= 15 is 0 Å². The van der Waals surface area contributed by atoms with Crippen molar-refractivity contribution in [2.75, 3.05) is 5.32 Å². The topological polar surface area (TPSA) is 105 Å². The smallest absolute Gasteiger partial charge is 0.335 e. The molecule has 1 unspecified atom stereocenters. The van der Waals surface area contributed by atoms with Gasteiger partial charge < -0.3 is 20.5 Å². The lowest BCUT2D eigenvalue weighted by Crippen LogP contribution is -2.43. The number of aromatic carboxylic acids is 1. The number of rotatable bonds is 7. The van der Waals surface area contributed by atoms with E-state index in [1.54, 1.807) is 6.92 Å². The molecule has 1 aliphatic rings. The van der Waals surface area contributed by atoms with Gasteiger partial charge in [0.05, 0.1) is 17.4 Å². The molecule has 7 heteroatoms. The zero-order valence-corrected chi connectivity index (χ0v) is 15.4. The third-order valence-electron chi connectivity index (χ3n) is 4.33. The van der Waals surface area contributed by atoms with Crippen molar-refractivity contribution in [2.24, 2.45) is 5.92 Å². The van der Waals surface area contributed by atoms with Crippen LogP contribution >= 0.6 is 0 Å². The van der Waals surface area contributed by atoms with Crippen molar-refractivity contribution >= 4 is 23.5 Å². The quantitative estimate of drug-likeness (QED) is 0.692. The molecular weight excluding hydrogens is 336 g/mol. The van der Waals surface area contributed by atoms with Crippen LogP contribution in [0.5, 0.6) is 5.75 Å². The minimum atomic E-state index is -1.10. The summed E-state index contributed by atoms with van der Waals surface area (Å²) in [6, 6.07) is 3.55. The van der Waals surface area contributed by atoms with Crippen LogP contribution in [0.3, 0.4) is 0 Å². The second kappa shape index (κ2) is 8.69. The Morgan fingerprint density at radius 3 is 2.38 bits per heavy atom. The molecule has 1 aliphatic carbocycles. The summed E-state index contributed by atoms with van der Waals surface area (Å²) in [6.45, 7) is 5.27. The predicted octanol–water partition coefficient (Wildman–Crippen LogP) is 2.81. The van der Waals surface area contributed by atoms with Gasteiger partial charge in [0.2, 0.25) is 11.8 Å². The van der Waals surface area contributed by atoms with Crippen molar-refractivity contribution in [3.63, 3.8) is 0 Å². The van der Waals surface area contributed by atoms with Gasteiger partial charge in [-0.25, -0.2) is 4.79 Å². The first-order chi connectivity index (χ1) is 12.3. The second-order valence-electron chi connectivity index (χ2n) is 6.88. The molecule has 142 valence electrons. The van der Waals surface area contributed by atoms with E-state index in [0.717, 1.165) is 25.7 Å². The monoisotopic (exact) mass is 362 g/mol. The number of carbonyl (C=O) groups is 3. The number of nitrogens with one attached hydrogen (secondary N) is 2. The van der Waals surface area contributed by atoms with Crippen LogP contribution in [-0.2, 0) is 9.59 Å². The van der Waals surface area contributed by atoms with Gasteiger partial charge in [-0.3, -0.25) is 9.59 Å². The Morgan fingerprint density at radius 1 is 1.15 bits per heavy atom. The van der Waals surface area contributed by atoms with Gasteiger partial charge in [0.1, 0.15) is 11.8 Å². The molecule has 1 aromatic rings. The van der Waals surface area contributed by atoms with Gasteiger partial charge in [-0.15, -0.1) is 0 Å². The fourth-order valence-electron chi connectivity index (χ4n) is 2.94. The van der Waals surface area contributed by atoms with Crippen LogP contribution < -0.4 is 15.4 Å². The van der Waals surface area contributed by atoms with Gasteiger partial charge in [-0.05, 0) is 51.8 Å². The second-order valence-corrected chi connectivity index (χ2v) is 6.88. The summed E-state index contributed by atoms with van der Waals surface area (Å²) < 4.78 is 5.63. The third-order valence-corrected chi connectivity index (χ3v) is 4.33. The van der Waals surface area contributed by atoms with Crippen LogP contribution in [0.25, 0.3) is 0 Å². The summed E-state index contributed by atoms with van der Waals surface area (Å²) in [5, 5.41) is 14.6. The van der Waals surface area contributed by atoms with E-state index in [4.69, 9.17) is 9.84 Å². The summed E-state index contributed by atoms with van der Waals surface area (Å²) in [6.07, 6.45) is 3.65. The van der Waals surface area contributed by atoms with Crippen LogP contribution in [0.2, 0.25) is 0 Å². The molecule has 0 radical (unpaired) electrons. The van der Waals surface area contributed by atoms with Crippen LogP contribution in [-0.4, -0.2) is 35.0 Å². The van der Waals surface area contributed by atoms with Gasteiger partial charge in [0.15, 0.2) is 0 Å². The summed E-state index contributed by atoms with van der Waals surface area (Å²) in [5.41, 5.74) is 0.310. The maximum atomic E-state index is 12.5. The standard InChI is InChI=1S/C19H26N2O5/c1-11(2)26-16-9-8-14(19(24)25)10-15(16)21-17(22)12(3)20-18(23)13-6-4-5-7-13/h8-13H,4-7H2,1-3H3,(H,20,23)(H,21,22)(H,24,25). The Balaban J connectivity index is 2.08. The number of hydrogen-bond acceptors (Lipinski definition) is 4. The van der Waals surface area contributed by atoms with E-state index < -0.39 is 17.9 Å². The van der Waals surface area contributed by atoms with E-state index in [2.05, 4.69) is 10.6 Å². The molecule has 2 rings (SSSR count). The Hall–Kier alpha value is -2.57. The van der Waals surface area contributed by atoms with Crippen LogP contribution in [0.4, 0.5) is 5.69 Å². The lowest BCUT2D eigenvalue weighted by Gasteiger charge is -2.19. The molecule has 0 saturated heterocycles. The molecule has 0 aliphatic heterocycles. The molecule has 0 heterocycles. The minimum absolute atomic E-state index is 0.0274. The first-order valence-corrected chi connectivity index (χ1v) is 8.93. The lowest BCUT2D eigenvalue weighted by molar-refractivity contribution is -0.128. The van der Waals surface area contributed by atoms with Gasteiger partial charge in [0.25, 0.3) is 0 Å². The molecule has 0 bridgehead atoms. The summed E-state index contributed by atoms with van der Waals surface area (Å²) >= 11 is 0. The van der Waals surface area contributed by atoms with E-state index in [9.17, 15) is 14.4 Å².